The maximum atomic E-state index is 12.4. The van der Waals surface area contributed by atoms with Crippen molar-refractivity contribution >= 4 is 11.8 Å². The molecule has 2 N–H and O–H groups in total. The summed E-state index contributed by atoms with van der Waals surface area (Å²) in [6.07, 6.45) is 5.14. The second-order valence-corrected chi connectivity index (χ2v) is 7.94. The number of carbonyl (C=O) groups excluding carboxylic acids is 1. The first-order valence-corrected chi connectivity index (χ1v) is 10.2. The Morgan fingerprint density at radius 1 is 1.38 bits per heavy atom. The largest absolute Gasteiger partial charge is 0.489 e. The number of carboxylic acids is 1. The number of hydrogen-bond acceptors (Lipinski definition) is 4. The molecule has 1 aliphatic heterocycles. The number of para-hydroxylation sites is 1. The van der Waals surface area contributed by atoms with Gasteiger partial charge in [0, 0.05) is 42.6 Å². The quantitative estimate of drug-likeness (QED) is 0.519. The van der Waals surface area contributed by atoms with Crippen LogP contribution < -0.4 is 4.74 Å². The topological polar surface area (TPSA) is 83.8 Å². The minimum Gasteiger partial charge on any atom is -0.489 e. The monoisotopic (exact) mass is 396 g/mol. The maximum Gasteiger partial charge on any atom is 0.303 e. The molecule has 3 rings (SSSR count). The number of ketones is 1. The molecule has 1 saturated carbocycles. The van der Waals surface area contributed by atoms with Gasteiger partial charge in [-0.05, 0) is 31.4 Å². The lowest BCUT2D eigenvalue weighted by atomic mass is 9.86. The Labute approximate surface area is 171 Å². The molecule has 5 atom stereocenters. The van der Waals surface area contributed by atoms with Crippen molar-refractivity contribution in [1.29, 1.82) is 0 Å². The van der Waals surface area contributed by atoms with E-state index in [1.165, 1.54) is 0 Å². The summed E-state index contributed by atoms with van der Waals surface area (Å²) in [4.78, 5) is 23.2. The summed E-state index contributed by atoms with van der Waals surface area (Å²) in [6, 6.07) is 5.95. The zero-order chi connectivity index (χ0) is 21.0. The molecule has 0 radical (unpaired) electrons. The number of aliphatic hydroxyl groups excluding tert-OH is 1. The van der Waals surface area contributed by atoms with Gasteiger partial charge < -0.3 is 14.9 Å². The van der Waals surface area contributed by atoms with Gasteiger partial charge in [-0.1, -0.05) is 31.2 Å². The zero-order valence-corrected chi connectivity index (χ0v) is 16.9. The summed E-state index contributed by atoms with van der Waals surface area (Å²) < 4.78 is 6.18. The SMILES string of the molecule is CC#CCC(C)C(=O)/C=C/[C@@H]1[C@H]2c3cccc(CCCC(=O)O)c3O[C@H]2C[C@H]1O. The van der Waals surface area contributed by atoms with Gasteiger partial charge in [-0.15, -0.1) is 11.8 Å². The van der Waals surface area contributed by atoms with Crippen LogP contribution in [0, 0.1) is 23.7 Å². The molecule has 2 aliphatic rings. The number of benzene rings is 1. The molecule has 154 valence electrons. The molecular weight excluding hydrogens is 368 g/mol. The van der Waals surface area contributed by atoms with Crippen LogP contribution in [-0.4, -0.2) is 34.2 Å². The Morgan fingerprint density at radius 3 is 2.90 bits per heavy atom. The molecule has 1 aromatic rings. The number of ether oxygens (including phenoxy) is 1. The average Bonchev–Trinajstić information content (AvgIpc) is 3.19. The van der Waals surface area contributed by atoms with Crippen LogP contribution in [0.5, 0.6) is 5.75 Å². The summed E-state index contributed by atoms with van der Waals surface area (Å²) in [5, 5.41) is 19.4. The van der Waals surface area contributed by atoms with Gasteiger partial charge in [-0.25, -0.2) is 0 Å². The highest BCUT2D eigenvalue weighted by molar-refractivity contribution is 5.91. The molecule has 0 amide bonds. The molecule has 0 saturated heterocycles. The van der Waals surface area contributed by atoms with Crippen LogP contribution in [0.2, 0.25) is 0 Å². The Balaban J connectivity index is 1.76. The summed E-state index contributed by atoms with van der Waals surface area (Å²) >= 11 is 0. The first-order chi connectivity index (χ1) is 13.9. The van der Waals surface area contributed by atoms with E-state index in [0.29, 0.717) is 25.7 Å². The molecule has 1 fully saturated rings. The molecule has 1 aliphatic carbocycles. The lowest BCUT2D eigenvalue weighted by Crippen LogP contribution is -2.17. The lowest BCUT2D eigenvalue weighted by molar-refractivity contribution is -0.137. The molecule has 1 aromatic carbocycles. The second kappa shape index (κ2) is 9.28. The van der Waals surface area contributed by atoms with Gasteiger partial charge in [0.1, 0.15) is 11.9 Å². The second-order valence-electron chi connectivity index (χ2n) is 7.94. The smallest absolute Gasteiger partial charge is 0.303 e. The van der Waals surface area contributed by atoms with Crippen molar-refractivity contribution in [2.24, 2.45) is 11.8 Å². The average molecular weight is 396 g/mol. The number of aliphatic hydroxyl groups is 1. The van der Waals surface area contributed by atoms with Crippen LogP contribution in [0.3, 0.4) is 0 Å². The predicted octanol–water partition coefficient (Wildman–Crippen LogP) is 3.49. The third-order valence-electron chi connectivity index (χ3n) is 5.88. The highest BCUT2D eigenvalue weighted by Crippen LogP contribution is 2.52. The van der Waals surface area contributed by atoms with E-state index in [-0.39, 0.29) is 36.1 Å². The number of aryl methyl sites for hydroxylation is 1. The summed E-state index contributed by atoms with van der Waals surface area (Å²) in [5.41, 5.74) is 2.06. The van der Waals surface area contributed by atoms with Crippen molar-refractivity contribution in [3.8, 4) is 17.6 Å². The zero-order valence-electron chi connectivity index (χ0n) is 16.9. The van der Waals surface area contributed by atoms with E-state index in [0.717, 1.165) is 16.9 Å². The van der Waals surface area contributed by atoms with Crippen molar-refractivity contribution < 1.29 is 24.5 Å². The Morgan fingerprint density at radius 2 is 2.17 bits per heavy atom. The maximum absolute atomic E-state index is 12.4. The van der Waals surface area contributed by atoms with E-state index in [2.05, 4.69) is 11.8 Å². The fourth-order valence-corrected chi connectivity index (χ4v) is 4.32. The van der Waals surface area contributed by atoms with Gasteiger partial charge in [0.05, 0.1) is 6.10 Å². The van der Waals surface area contributed by atoms with E-state index >= 15 is 0 Å². The first-order valence-electron chi connectivity index (χ1n) is 10.2. The van der Waals surface area contributed by atoms with E-state index in [9.17, 15) is 14.7 Å². The summed E-state index contributed by atoms with van der Waals surface area (Å²) in [5.74, 6) is 5.46. The van der Waals surface area contributed by atoms with Crippen LogP contribution in [-0.2, 0) is 16.0 Å². The molecule has 1 unspecified atom stereocenters. The number of allylic oxidation sites excluding steroid dienone is 1. The van der Waals surface area contributed by atoms with Crippen molar-refractivity contribution in [3.63, 3.8) is 0 Å². The van der Waals surface area contributed by atoms with E-state index in [1.807, 2.05) is 31.2 Å². The van der Waals surface area contributed by atoms with Gasteiger partial charge in [-0.2, -0.15) is 0 Å². The minimum absolute atomic E-state index is 0.00853. The minimum atomic E-state index is -0.799. The van der Waals surface area contributed by atoms with Crippen LogP contribution in [0.25, 0.3) is 0 Å². The molecule has 5 heteroatoms. The molecule has 0 bridgehead atoms. The van der Waals surface area contributed by atoms with Crippen molar-refractivity contribution in [2.45, 2.75) is 64.1 Å². The molecule has 0 spiro atoms. The molecule has 1 heterocycles. The van der Waals surface area contributed by atoms with Gasteiger partial charge in [0.25, 0.3) is 0 Å². The number of rotatable bonds is 8. The molecule has 0 aromatic heterocycles. The molecular formula is C24H28O5. The van der Waals surface area contributed by atoms with Crippen LogP contribution in [0.1, 0.15) is 56.6 Å². The number of aliphatic carboxylic acids is 1. The van der Waals surface area contributed by atoms with Crippen molar-refractivity contribution in [2.75, 3.05) is 0 Å². The van der Waals surface area contributed by atoms with E-state index in [1.54, 1.807) is 13.0 Å². The fourth-order valence-electron chi connectivity index (χ4n) is 4.32. The highest BCUT2D eigenvalue weighted by Gasteiger charge is 2.48. The number of hydrogen-bond donors (Lipinski definition) is 2. The molecule has 29 heavy (non-hydrogen) atoms. The Kier molecular flexibility index (Phi) is 6.76. The summed E-state index contributed by atoms with van der Waals surface area (Å²) in [6.45, 7) is 3.62. The highest BCUT2D eigenvalue weighted by atomic mass is 16.5. The van der Waals surface area contributed by atoms with Crippen LogP contribution in [0.15, 0.2) is 30.4 Å². The predicted molar refractivity (Wildman–Crippen MR) is 110 cm³/mol. The normalized spacial score (nSPS) is 25.6. The standard InChI is InChI=1S/C24H28O5/c1-3-4-7-15(2)19(25)13-12-17-20(26)14-21-23(17)18-10-5-8-16(24(18)29-21)9-6-11-22(27)28/h5,8,10,12-13,15,17,20-21,23,26H,6-7,9,11,14H2,1-2H3,(H,27,28)/b13-12+/t15?,17-,20+,21-,23-/m0/s1. The number of fused-ring (bicyclic) bond motifs is 3. The Bertz CT molecular complexity index is 860. The van der Waals surface area contributed by atoms with Gasteiger partial charge >= 0.3 is 5.97 Å². The van der Waals surface area contributed by atoms with Gasteiger partial charge in [0.15, 0.2) is 5.78 Å². The van der Waals surface area contributed by atoms with E-state index < -0.39 is 12.1 Å². The van der Waals surface area contributed by atoms with Crippen molar-refractivity contribution in [3.05, 3.63) is 41.5 Å². The number of carbonyl (C=O) groups is 2. The third kappa shape index (κ3) is 4.71. The Hall–Kier alpha value is -2.58. The lowest BCUT2D eigenvalue weighted by Gasteiger charge is -2.17. The van der Waals surface area contributed by atoms with E-state index in [4.69, 9.17) is 9.84 Å². The number of carboxylic acid groups (broad SMARTS) is 1. The van der Waals surface area contributed by atoms with Crippen LogP contribution in [0.4, 0.5) is 0 Å². The van der Waals surface area contributed by atoms with Crippen molar-refractivity contribution in [1.82, 2.24) is 0 Å². The third-order valence-corrected chi connectivity index (χ3v) is 5.88. The summed E-state index contributed by atoms with van der Waals surface area (Å²) in [7, 11) is 0. The first kappa shape index (κ1) is 21.1. The fraction of sp³-hybridized carbons (Fsp3) is 0.500. The molecule has 5 nitrogen and oxygen atoms in total. The van der Waals surface area contributed by atoms with Crippen LogP contribution >= 0.6 is 0 Å². The van der Waals surface area contributed by atoms with Gasteiger partial charge in [0.2, 0.25) is 0 Å². The van der Waals surface area contributed by atoms with Gasteiger partial charge in [-0.3, -0.25) is 9.59 Å².